The van der Waals surface area contributed by atoms with Gasteiger partial charge in [0.15, 0.2) is 0 Å². The van der Waals surface area contributed by atoms with Crippen molar-refractivity contribution in [1.82, 2.24) is 9.78 Å². The number of rotatable bonds is 6. The van der Waals surface area contributed by atoms with E-state index in [2.05, 4.69) is 12.0 Å². The Balaban J connectivity index is 2.02. The first-order valence-corrected chi connectivity index (χ1v) is 5.79. The van der Waals surface area contributed by atoms with Gasteiger partial charge in [-0.1, -0.05) is 6.92 Å². The Morgan fingerprint density at radius 3 is 3.08 bits per heavy atom. The lowest BCUT2D eigenvalue weighted by atomic mass is 10.3. The molecule has 0 aliphatic heterocycles. The summed E-state index contributed by atoms with van der Waals surface area (Å²) in [5.74, 6) is 2.15. The molecule has 0 aliphatic carbocycles. The van der Waals surface area contributed by atoms with Crippen molar-refractivity contribution >= 4 is 11.8 Å². The van der Waals surface area contributed by atoms with Crippen molar-refractivity contribution in [3.8, 4) is 0 Å². The molecule has 0 amide bonds. The number of thioether (sulfide) groups is 1. The first kappa shape index (κ1) is 10.6. The molecular formula is C9H17N3S. The van der Waals surface area contributed by atoms with E-state index in [-0.39, 0.29) is 0 Å². The van der Waals surface area contributed by atoms with Crippen LogP contribution in [0.4, 0.5) is 0 Å². The number of hydrogen-bond donors (Lipinski definition) is 1. The van der Waals surface area contributed by atoms with Gasteiger partial charge in [-0.15, -0.1) is 0 Å². The molecule has 1 heterocycles. The molecule has 0 radical (unpaired) electrons. The van der Waals surface area contributed by atoms with E-state index in [0.717, 1.165) is 24.5 Å². The van der Waals surface area contributed by atoms with Crippen molar-refractivity contribution in [2.75, 3.05) is 11.5 Å². The van der Waals surface area contributed by atoms with Gasteiger partial charge in [0, 0.05) is 36.5 Å². The van der Waals surface area contributed by atoms with Crippen LogP contribution in [-0.2, 0) is 6.54 Å². The fourth-order valence-electron chi connectivity index (χ4n) is 0.943. The summed E-state index contributed by atoms with van der Waals surface area (Å²) in [5, 5.41) is 4.13. The summed E-state index contributed by atoms with van der Waals surface area (Å²) in [6.45, 7) is 3.10. The minimum atomic E-state index is 0.350. The molecule has 2 N–H and O–H groups in total. The molecule has 0 bridgehead atoms. The highest BCUT2D eigenvalue weighted by molar-refractivity contribution is 7.99. The first-order chi connectivity index (χ1) is 6.33. The number of aryl methyl sites for hydroxylation is 1. The molecule has 13 heavy (non-hydrogen) atoms. The summed E-state index contributed by atoms with van der Waals surface area (Å²) >= 11 is 1.90. The van der Waals surface area contributed by atoms with E-state index in [0.29, 0.717) is 6.04 Å². The van der Waals surface area contributed by atoms with E-state index in [1.807, 2.05) is 34.9 Å². The summed E-state index contributed by atoms with van der Waals surface area (Å²) < 4.78 is 1.95. The number of nitrogens with zero attached hydrogens (tertiary/aromatic N) is 2. The topological polar surface area (TPSA) is 43.8 Å². The Labute approximate surface area is 83.7 Å². The van der Waals surface area contributed by atoms with Gasteiger partial charge >= 0.3 is 0 Å². The van der Waals surface area contributed by atoms with Gasteiger partial charge in [0.1, 0.15) is 0 Å². The largest absolute Gasteiger partial charge is 0.327 e. The molecule has 4 heteroatoms. The average Bonchev–Trinajstić information content (AvgIpc) is 2.64. The molecule has 0 aromatic carbocycles. The molecule has 1 aromatic heterocycles. The summed E-state index contributed by atoms with van der Waals surface area (Å²) in [4.78, 5) is 0. The molecule has 0 saturated carbocycles. The van der Waals surface area contributed by atoms with Gasteiger partial charge in [0.05, 0.1) is 0 Å². The van der Waals surface area contributed by atoms with Crippen molar-refractivity contribution in [3.05, 3.63) is 18.5 Å². The van der Waals surface area contributed by atoms with Crippen LogP contribution in [0.1, 0.15) is 13.3 Å². The zero-order valence-corrected chi connectivity index (χ0v) is 8.83. The molecule has 1 aromatic rings. The van der Waals surface area contributed by atoms with E-state index in [1.54, 1.807) is 0 Å². The standard InChI is InChI=1S/C9H17N3S/c1-2-9(10)8-13-7-6-12-5-3-4-11-12/h3-5,9H,2,6-8,10H2,1H3. The molecule has 1 rings (SSSR count). The lowest BCUT2D eigenvalue weighted by molar-refractivity contribution is 0.664. The summed E-state index contributed by atoms with van der Waals surface area (Å²) in [6.07, 6.45) is 4.86. The van der Waals surface area contributed by atoms with Crippen LogP contribution in [-0.4, -0.2) is 27.3 Å². The highest BCUT2D eigenvalue weighted by atomic mass is 32.2. The van der Waals surface area contributed by atoms with Gasteiger partial charge in [-0.05, 0) is 12.5 Å². The molecule has 1 unspecified atom stereocenters. The number of hydrogen-bond acceptors (Lipinski definition) is 3. The molecule has 3 nitrogen and oxygen atoms in total. The second-order valence-electron chi connectivity index (χ2n) is 3.01. The first-order valence-electron chi connectivity index (χ1n) is 4.63. The maximum Gasteiger partial charge on any atom is 0.0499 e. The Kier molecular flexibility index (Phi) is 4.93. The van der Waals surface area contributed by atoms with Gasteiger partial charge < -0.3 is 5.73 Å². The second-order valence-corrected chi connectivity index (χ2v) is 4.16. The van der Waals surface area contributed by atoms with Crippen LogP contribution < -0.4 is 5.73 Å². The average molecular weight is 199 g/mol. The monoisotopic (exact) mass is 199 g/mol. The van der Waals surface area contributed by atoms with Gasteiger partial charge in [0.2, 0.25) is 0 Å². The van der Waals surface area contributed by atoms with Crippen LogP contribution >= 0.6 is 11.8 Å². The fourth-order valence-corrected chi connectivity index (χ4v) is 1.96. The van der Waals surface area contributed by atoms with E-state index in [9.17, 15) is 0 Å². The van der Waals surface area contributed by atoms with Crippen molar-refractivity contribution in [1.29, 1.82) is 0 Å². The third-order valence-corrected chi connectivity index (χ3v) is 3.02. The van der Waals surface area contributed by atoms with Crippen LogP contribution in [0, 0.1) is 0 Å². The van der Waals surface area contributed by atoms with Crippen LogP contribution in [0.15, 0.2) is 18.5 Å². The molecular weight excluding hydrogens is 182 g/mol. The minimum Gasteiger partial charge on any atom is -0.327 e. The van der Waals surface area contributed by atoms with Crippen molar-refractivity contribution in [3.63, 3.8) is 0 Å². The summed E-state index contributed by atoms with van der Waals surface area (Å²) in [5.41, 5.74) is 5.79. The zero-order valence-electron chi connectivity index (χ0n) is 8.02. The predicted octanol–water partition coefficient (Wildman–Crippen LogP) is 1.35. The molecule has 0 spiro atoms. The van der Waals surface area contributed by atoms with Crippen molar-refractivity contribution < 1.29 is 0 Å². The Morgan fingerprint density at radius 1 is 1.62 bits per heavy atom. The SMILES string of the molecule is CCC(N)CSCCn1cccn1. The van der Waals surface area contributed by atoms with Gasteiger partial charge in [-0.3, -0.25) is 4.68 Å². The van der Waals surface area contributed by atoms with Crippen LogP contribution in [0.3, 0.4) is 0 Å². The highest BCUT2D eigenvalue weighted by Crippen LogP contribution is 2.04. The van der Waals surface area contributed by atoms with Gasteiger partial charge in [-0.25, -0.2) is 0 Å². The number of nitrogens with two attached hydrogens (primary N) is 1. The lowest BCUT2D eigenvalue weighted by Gasteiger charge is -2.07. The normalized spacial score (nSPS) is 13.1. The second kappa shape index (κ2) is 6.05. The maximum absolute atomic E-state index is 5.79. The molecule has 1 atom stereocenters. The van der Waals surface area contributed by atoms with Crippen molar-refractivity contribution in [2.45, 2.75) is 25.9 Å². The van der Waals surface area contributed by atoms with Gasteiger partial charge in [-0.2, -0.15) is 16.9 Å². The Bertz CT molecular complexity index is 211. The molecule has 0 aliphatic rings. The van der Waals surface area contributed by atoms with E-state index in [1.165, 1.54) is 0 Å². The third-order valence-electron chi connectivity index (χ3n) is 1.88. The van der Waals surface area contributed by atoms with E-state index < -0.39 is 0 Å². The summed E-state index contributed by atoms with van der Waals surface area (Å²) in [7, 11) is 0. The Morgan fingerprint density at radius 2 is 2.46 bits per heavy atom. The fraction of sp³-hybridized carbons (Fsp3) is 0.667. The maximum atomic E-state index is 5.79. The van der Waals surface area contributed by atoms with Gasteiger partial charge in [0.25, 0.3) is 0 Å². The molecule has 0 saturated heterocycles. The van der Waals surface area contributed by atoms with E-state index in [4.69, 9.17) is 5.73 Å². The predicted molar refractivity (Wildman–Crippen MR) is 57.8 cm³/mol. The Hall–Kier alpha value is -0.480. The lowest BCUT2D eigenvalue weighted by Crippen LogP contribution is -2.21. The van der Waals surface area contributed by atoms with Crippen LogP contribution in [0.2, 0.25) is 0 Å². The van der Waals surface area contributed by atoms with Crippen molar-refractivity contribution in [2.24, 2.45) is 5.73 Å². The molecule has 74 valence electrons. The highest BCUT2D eigenvalue weighted by Gasteiger charge is 1.98. The zero-order chi connectivity index (χ0) is 9.52. The third kappa shape index (κ3) is 4.33. The minimum absolute atomic E-state index is 0.350. The summed E-state index contributed by atoms with van der Waals surface area (Å²) in [6, 6.07) is 2.30. The quantitative estimate of drug-likeness (QED) is 0.703. The van der Waals surface area contributed by atoms with E-state index >= 15 is 0 Å². The van der Waals surface area contributed by atoms with Crippen LogP contribution in [0.25, 0.3) is 0 Å². The van der Waals surface area contributed by atoms with Crippen LogP contribution in [0.5, 0.6) is 0 Å². The molecule has 0 fully saturated rings. The number of aromatic nitrogens is 2. The smallest absolute Gasteiger partial charge is 0.0499 e.